The Labute approximate surface area is 129 Å². The van der Waals surface area contributed by atoms with Crippen LogP contribution in [-0.4, -0.2) is 32.6 Å². The van der Waals surface area contributed by atoms with Gasteiger partial charge in [-0.2, -0.15) is 0 Å². The SMILES string of the molecule is COC[C@H]1C(=O)C[C@@H]1C#CC#Cc1ccc(C(=O)OC)cc1. The highest BCUT2D eigenvalue weighted by Gasteiger charge is 2.38. The maximum atomic E-state index is 11.4. The Morgan fingerprint density at radius 3 is 2.55 bits per heavy atom. The number of ether oxygens (including phenoxy) is 2. The number of carbonyl (C=O) groups is 2. The molecule has 1 aliphatic carbocycles. The predicted molar refractivity (Wildman–Crippen MR) is 80.9 cm³/mol. The average Bonchev–Trinajstić information content (AvgIpc) is 2.55. The van der Waals surface area contributed by atoms with Crippen LogP contribution < -0.4 is 0 Å². The molecule has 112 valence electrons. The molecule has 1 aromatic rings. The predicted octanol–water partition coefficient (Wildman–Crippen LogP) is 1.68. The van der Waals surface area contributed by atoms with Crippen molar-refractivity contribution in [3.05, 3.63) is 35.4 Å². The van der Waals surface area contributed by atoms with Crippen LogP contribution in [0.5, 0.6) is 0 Å². The Morgan fingerprint density at radius 1 is 1.23 bits per heavy atom. The van der Waals surface area contributed by atoms with Crippen LogP contribution >= 0.6 is 0 Å². The molecule has 0 amide bonds. The van der Waals surface area contributed by atoms with Gasteiger partial charge in [0.25, 0.3) is 0 Å². The summed E-state index contributed by atoms with van der Waals surface area (Å²) in [5.74, 6) is 11.2. The van der Waals surface area contributed by atoms with Crippen LogP contribution in [0.4, 0.5) is 0 Å². The molecular formula is C18H16O4. The molecule has 22 heavy (non-hydrogen) atoms. The summed E-state index contributed by atoms with van der Waals surface area (Å²) in [6, 6.07) is 6.79. The van der Waals surface area contributed by atoms with E-state index in [9.17, 15) is 9.59 Å². The lowest BCUT2D eigenvalue weighted by molar-refractivity contribution is -0.134. The van der Waals surface area contributed by atoms with Gasteiger partial charge in [0, 0.05) is 25.0 Å². The second-order valence-electron chi connectivity index (χ2n) is 4.93. The molecule has 1 saturated carbocycles. The topological polar surface area (TPSA) is 52.6 Å². The summed E-state index contributed by atoms with van der Waals surface area (Å²) in [6.07, 6.45) is 0.483. The third kappa shape index (κ3) is 3.75. The molecule has 0 spiro atoms. The zero-order valence-electron chi connectivity index (χ0n) is 12.5. The van der Waals surface area contributed by atoms with Gasteiger partial charge >= 0.3 is 5.97 Å². The van der Waals surface area contributed by atoms with Crippen LogP contribution in [0.3, 0.4) is 0 Å². The average molecular weight is 296 g/mol. The van der Waals surface area contributed by atoms with E-state index >= 15 is 0 Å². The fourth-order valence-electron chi connectivity index (χ4n) is 2.15. The Balaban J connectivity index is 1.96. The van der Waals surface area contributed by atoms with Gasteiger partial charge in [-0.3, -0.25) is 4.79 Å². The molecule has 1 fully saturated rings. The zero-order valence-corrected chi connectivity index (χ0v) is 12.5. The van der Waals surface area contributed by atoms with Crippen LogP contribution in [0, 0.1) is 35.5 Å². The summed E-state index contributed by atoms with van der Waals surface area (Å²) in [5.41, 5.74) is 1.25. The van der Waals surface area contributed by atoms with Crippen molar-refractivity contribution in [3.8, 4) is 23.7 Å². The number of hydrogen-bond acceptors (Lipinski definition) is 4. The molecular weight excluding hydrogens is 280 g/mol. The van der Waals surface area contributed by atoms with Gasteiger partial charge in [-0.1, -0.05) is 11.8 Å². The van der Waals surface area contributed by atoms with Crippen molar-refractivity contribution < 1.29 is 19.1 Å². The molecule has 0 unspecified atom stereocenters. The van der Waals surface area contributed by atoms with E-state index in [1.54, 1.807) is 31.4 Å². The summed E-state index contributed by atoms with van der Waals surface area (Å²) in [4.78, 5) is 22.7. The number of methoxy groups -OCH3 is 2. The number of carbonyl (C=O) groups excluding carboxylic acids is 2. The second-order valence-corrected chi connectivity index (χ2v) is 4.93. The zero-order chi connectivity index (χ0) is 15.9. The minimum absolute atomic E-state index is 0.0449. The van der Waals surface area contributed by atoms with Gasteiger partial charge in [0.15, 0.2) is 0 Å². The Bertz CT molecular complexity index is 680. The molecule has 4 heteroatoms. The highest BCUT2D eigenvalue weighted by Crippen LogP contribution is 2.29. The summed E-state index contributed by atoms with van der Waals surface area (Å²) in [5, 5.41) is 0. The van der Waals surface area contributed by atoms with Crippen LogP contribution in [0.2, 0.25) is 0 Å². The second kappa shape index (κ2) is 7.45. The Kier molecular flexibility index (Phi) is 5.36. The van der Waals surface area contributed by atoms with Crippen molar-refractivity contribution in [1.82, 2.24) is 0 Å². The van der Waals surface area contributed by atoms with Crippen LogP contribution in [-0.2, 0) is 14.3 Å². The van der Waals surface area contributed by atoms with Gasteiger partial charge in [-0.15, -0.1) is 0 Å². The molecule has 0 aliphatic heterocycles. The van der Waals surface area contributed by atoms with E-state index in [1.807, 2.05) is 0 Å². The highest BCUT2D eigenvalue weighted by atomic mass is 16.5. The van der Waals surface area contributed by atoms with Crippen LogP contribution in [0.1, 0.15) is 22.3 Å². The van der Waals surface area contributed by atoms with Gasteiger partial charge < -0.3 is 9.47 Å². The largest absolute Gasteiger partial charge is 0.465 e. The fraction of sp³-hybridized carbons (Fsp3) is 0.333. The first-order valence-corrected chi connectivity index (χ1v) is 6.87. The summed E-state index contributed by atoms with van der Waals surface area (Å²) in [6.45, 7) is 0.417. The van der Waals surface area contributed by atoms with Crippen molar-refractivity contribution in [2.75, 3.05) is 20.8 Å². The van der Waals surface area contributed by atoms with Crippen LogP contribution in [0.15, 0.2) is 24.3 Å². The Morgan fingerprint density at radius 2 is 1.95 bits per heavy atom. The first-order valence-electron chi connectivity index (χ1n) is 6.87. The van der Waals surface area contributed by atoms with E-state index in [1.165, 1.54) is 7.11 Å². The van der Waals surface area contributed by atoms with Crippen molar-refractivity contribution in [2.24, 2.45) is 11.8 Å². The monoisotopic (exact) mass is 296 g/mol. The third-order valence-electron chi connectivity index (χ3n) is 3.50. The molecule has 0 radical (unpaired) electrons. The van der Waals surface area contributed by atoms with E-state index in [4.69, 9.17) is 4.74 Å². The first kappa shape index (κ1) is 15.8. The van der Waals surface area contributed by atoms with Crippen molar-refractivity contribution in [1.29, 1.82) is 0 Å². The van der Waals surface area contributed by atoms with Crippen molar-refractivity contribution in [2.45, 2.75) is 6.42 Å². The highest BCUT2D eigenvalue weighted by molar-refractivity contribution is 5.89. The van der Waals surface area contributed by atoms with Crippen molar-refractivity contribution in [3.63, 3.8) is 0 Å². The first-order chi connectivity index (χ1) is 10.7. The summed E-state index contributed by atoms with van der Waals surface area (Å²) in [7, 11) is 2.92. The molecule has 4 nitrogen and oxygen atoms in total. The van der Waals surface area contributed by atoms with Gasteiger partial charge in [0.05, 0.1) is 25.2 Å². The normalized spacial score (nSPS) is 19.1. The minimum atomic E-state index is -0.377. The van der Waals surface area contributed by atoms with Gasteiger partial charge in [-0.05, 0) is 36.1 Å². The third-order valence-corrected chi connectivity index (χ3v) is 3.50. The number of rotatable bonds is 3. The smallest absolute Gasteiger partial charge is 0.337 e. The number of Topliss-reactive ketones (excluding diaryl/α,β-unsaturated/α-hetero) is 1. The minimum Gasteiger partial charge on any atom is -0.465 e. The lowest BCUT2D eigenvalue weighted by Gasteiger charge is -2.30. The number of ketones is 1. The summed E-state index contributed by atoms with van der Waals surface area (Å²) >= 11 is 0. The molecule has 0 saturated heterocycles. The van der Waals surface area contributed by atoms with Crippen LogP contribution in [0.25, 0.3) is 0 Å². The molecule has 0 heterocycles. The van der Waals surface area contributed by atoms with E-state index in [0.29, 0.717) is 18.6 Å². The number of hydrogen-bond donors (Lipinski definition) is 0. The molecule has 0 aromatic heterocycles. The Hall–Kier alpha value is -2.56. The molecule has 1 aromatic carbocycles. The number of esters is 1. The molecule has 1 aliphatic rings. The van der Waals surface area contributed by atoms with Gasteiger partial charge in [-0.25, -0.2) is 4.79 Å². The van der Waals surface area contributed by atoms with E-state index in [-0.39, 0.29) is 23.6 Å². The molecule has 0 N–H and O–H groups in total. The maximum Gasteiger partial charge on any atom is 0.337 e. The maximum absolute atomic E-state index is 11.4. The van der Waals surface area contributed by atoms with Gasteiger partial charge in [0.1, 0.15) is 5.78 Å². The van der Waals surface area contributed by atoms with Crippen molar-refractivity contribution >= 4 is 11.8 Å². The number of benzene rings is 1. The molecule has 0 bridgehead atoms. The quantitative estimate of drug-likeness (QED) is 0.629. The summed E-state index contributed by atoms with van der Waals surface area (Å²) < 4.78 is 9.62. The van der Waals surface area contributed by atoms with Gasteiger partial charge in [0.2, 0.25) is 0 Å². The molecule has 2 rings (SSSR count). The fourth-order valence-corrected chi connectivity index (χ4v) is 2.15. The standard InChI is InChI=1S/C18H16O4/c1-21-12-16-15(11-17(16)19)6-4-3-5-13-7-9-14(10-8-13)18(20)22-2/h7-10,15-16H,11-12H2,1-2H3/t15-,16+/m0/s1. The van der Waals surface area contributed by atoms with E-state index in [0.717, 1.165) is 5.56 Å². The lowest BCUT2D eigenvalue weighted by Crippen LogP contribution is -2.39. The lowest BCUT2D eigenvalue weighted by atomic mass is 9.73. The van der Waals surface area contributed by atoms with E-state index < -0.39 is 0 Å². The van der Waals surface area contributed by atoms with E-state index in [2.05, 4.69) is 28.4 Å². The molecule has 2 atom stereocenters.